The van der Waals surface area contributed by atoms with Crippen LogP contribution in [0.1, 0.15) is 17.1 Å². The van der Waals surface area contributed by atoms with Crippen LogP contribution in [-0.4, -0.2) is 11.2 Å². The monoisotopic (exact) mass is 304 g/mol. The minimum atomic E-state index is 0.193. The molecule has 5 nitrogen and oxygen atoms in total. The van der Waals surface area contributed by atoms with Crippen molar-refractivity contribution >= 4 is 28.0 Å². The molecule has 0 aliphatic rings. The highest BCUT2D eigenvalue weighted by molar-refractivity contribution is 9.10. The fraction of sp³-hybridized carbons (Fsp3) is 0.0833. The minimum Gasteiger partial charge on any atom is -0.422 e. The van der Waals surface area contributed by atoms with Crippen LogP contribution >= 0.6 is 15.9 Å². The van der Waals surface area contributed by atoms with E-state index in [4.69, 9.17) is 9.68 Å². The molecule has 0 bridgehead atoms. The molecule has 90 valence electrons. The number of aryl methyl sites for hydroxylation is 1. The first-order valence-corrected chi connectivity index (χ1v) is 5.90. The molecule has 0 spiro atoms. The summed E-state index contributed by atoms with van der Waals surface area (Å²) in [6, 6.07) is 9.59. The fourth-order valence-electron chi connectivity index (χ4n) is 1.33. The highest BCUT2D eigenvalue weighted by atomic mass is 79.9. The van der Waals surface area contributed by atoms with Crippen LogP contribution in [0.2, 0.25) is 0 Å². The number of aromatic nitrogens is 1. The van der Waals surface area contributed by atoms with Gasteiger partial charge in [0.2, 0.25) is 5.69 Å². The van der Waals surface area contributed by atoms with E-state index in [-0.39, 0.29) is 11.6 Å². The SMILES string of the molecule is Cc1nc(C#N)c(N/N=C/c2cccc(Br)c2)o1. The van der Waals surface area contributed by atoms with Crippen molar-refractivity contribution in [2.45, 2.75) is 6.92 Å². The van der Waals surface area contributed by atoms with Crippen molar-refractivity contribution < 1.29 is 4.42 Å². The van der Waals surface area contributed by atoms with E-state index < -0.39 is 0 Å². The number of rotatable bonds is 3. The summed E-state index contributed by atoms with van der Waals surface area (Å²) < 4.78 is 6.17. The molecule has 0 saturated carbocycles. The van der Waals surface area contributed by atoms with Crippen LogP contribution in [0.25, 0.3) is 0 Å². The fourth-order valence-corrected chi connectivity index (χ4v) is 1.75. The molecule has 0 saturated heterocycles. The molecule has 0 fully saturated rings. The third-order valence-electron chi connectivity index (χ3n) is 2.07. The zero-order chi connectivity index (χ0) is 13.0. The second-order valence-corrected chi connectivity index (χ2v) is 4.36. The number of halogens is 1. The maximum Gasteiger partial charge on any atom is 0.252 e. The van der Waals surface area contributed by atoms with Gasteiger partial charge in [0.1, 0.15) is 6.07 Å². The molecule has 0 unspecified atom stereocenters. The number of hydrogen-bond donors (Lipinski definition) is 1. The van der Waals surface area contributed by atoms with Gasteiger partial charge >= 0.3 is 0 Å². The molecule has 2 rings (SSSR count). The molecule has 0 amide bonds. The number of nitrogens with one attached hydrogen (secondary N) is 1. The van der Waals surface area contributed by atoms with Crippen LogP contribution in [0, 0.1) is 18.3 Å². The van der Waals surface area contributed by atoms with Gasteiger partial charge in [0.15, 0.2) is 5.89 Å². The van der Waals surface area contributed by atoms with Crippen molar-refractivity contribution in [1.82, 2.24) is 4.98 Å². The van der Waals surface area contributed by atoms with E-state index in [1.165, 1.54) is 0 Å². The number of hydrazone groups is 1. The van der Waals surface area contributed by atoms with Crippen molar-refractivity contribution in [1.29, 1.82) is 5.26 Å². The first-order valence-electron chi connectivity index (χ1n) is 5.11. The van der Waals surface area contributed by atoms with Gasteiger partial charge in [0.25, 0.3) is 5.88 Å². The van der Waals surface area contributed by atoms with Crippen LogP contribution in [0.4, 0.5) is 5.88 Å². The van der Waals surface area contributed by atoms with E-state index in [0.29, 0.717) is 5.89 Å². The van der Waals surface area contributed by atoms with Gasteiger partial charge in [-0.15, -0.1) is 0 Å². The van der Waals surface area contributed by atoms with E-state index in [0.717, 1.165) is 10.0 Å². The Labute approximate surface area is 112 Å². The topological polar surface area (TPSA) is 74.2 Å². The Morgan fingerprint density at radius 3 is 3.11 bits per heavy atom. The Morgan fingerprint density at radius 2 is 2.39 bits per heavy atom. The van der Waals surface area contributed by atoms with Gasteiger partial charge < -0.3 is 4.42 Å². The predicted octanol–water partition coefficient (Wildman–Crippen LogP) is 3.06. The van der Waals surface area contributed by atoms with E-state index in [1.807, 2.05) is 30.3 Å². The molecular weight excluding hydrogens is 296 g/mol. The van der Waals surface area contributed by atoms with Gasteiger partial charge in [-0.3, -0.25) is 0 Å². The van der Waals surface area contributed by atoms with Crippen molar-refractivity contribution in [3.8, 4) is 6.07 Å². The lowest BCUT2D eigenvalue weighted by molar-refractivity contribution is 0.533. The lowest BCUT2D eigenvalue weighted by Crippen LogP contribution is -1.91. The Hall–Kier alpha value is -2.13. The smallest absolute Gasteiger partial charge is 0.252 e. The molecular formula is C12H9BrN4O. The lowest BCUT2D eigenvalue weighted by Gasteiger charge is -1.95. The van der Waals surface area contributed by atoms with Gasteiger partial charge in [-0.2, -0.15) is 10.4 Å². The summed E-state index contributed by atoms with van der Waals surface area (Å²) in [5, 5.41) is 12.8. The summed E-state index contributed by atoms with van der Waals surface area (Å²) in [5.41, 5.74) is 3.77. The quantitative estimate of drug-likeness (QED) is 0.698. The van der Waals surface area contributed by atoms with Crippen LogP contribution in [-0.2, 0) is 0 Å². The zero-order valence-electron chi connectivity index (χ0n) is 9.51. The number of anilines is 1. The molecule has 0 atom stereocenters. The van der Waals surface area contributed by atoms with Crippen molar-refractivity contribution in [3.05, 3.63) is 45.9 Å². The van der Waals surface area contributed by atoms with Crippen LogP contribution < -0.4 is 5.43 Å². The van der Waals surface area contributed by atoms with Crippen LogP contribution in [0.3, 0.4) is 0 Å². The molecule has 2 aromatic rings. The average Bonchev–Trinajstić information content (AvgIpc) is 2.70. The third-order valence-corrected chi connectivity index (χ3v) is 2.56. The Morgan fingerprint density at radius 1 is 1.56 bits per heavy atom. The second kappa shape index (κ2) is 5.47. The van der Waals surface area contributed by atoms with Gasteiger partial charge in [-0.25, -0.2) is 10.4 Å². The first kappa shape index (κ1) is 12.3. The first-order chi connectivity index (χ1) is 8.69. The number of nitriles is 1. The summed E-state index contributed by atoms with van der Waals surface area (Å²) in [6.07, 6.45) is 1.63. The average molecular weight is 305 g/mol. The summed E-state index contributed by atoms with van der Waals surface area (Å²) in [5.74, 6) is 0.674. The maximum atomic E-state index is 8.81. The van der Waals surface area contributed by atoms with E-state index >= 15 is 0 Å². The number of nitrogens with zero attached hydrogens (tertiary/aromatic N) is 3. The standard InChI is InChI=1S/C12H9BrN4O/c1-8-16-11(6-14)12(18-8)17-15-7-9-3-2-4-10(13)5-9/h2-5,7,17H,1H3/b15-7+. The van der Waals surface area contributed by atoms with Crippen LogP contribution in [0.15, 0.2) is 38.3 Å². The summed E-state index contributed by atoms with van der Waals surface area (Å²) in [4.78, 5) is 3.90. The number of benzene rings is 1. The largest absolute Gasteiger partial charge is 0.422 e. The van der Waals surface area contributed by atoms with Crippen molar-refractivity contribution in [3.63, 3.8) is 0 Å². The maximum absolute atomic E-state index is 8.81. The van der Waals surface area contributed by atoms with Gasteiger partial charge in [0.05, 0.1) is 6.21 Å². The molecule has 6 heteroatoms. The Kier molecular flexibility index (Phi) is 3.75. The zero-order valence-corrected chi connectivity index (χ0v) is 11.1. The molecule has 0 radical (unpaired) electrons. The molecule has 1 aromatic carbocycles. The summed E-state index contributed by atoms with van der Waals surface area (Å²) in [7, 11) is 0. The second-order valence-electron chi connectivity index (χ2n) is 3.45. The predicted molar refractivity (Wildman–Crippen MR) is 71.3 cm³/mol. The van der Waals surface area contributed by atoms with E-state index in [2.05, 4.69) is 31.4 Å². The van der Waals surface area contributed by atoms with Gasteiger partial charge in [-0.1, -0.05) is 28.1 Å². The van der Waals surface area contributed by atoms with Crippen molar-refractivity contribution in [2.24, 2.45) is 5.10 Å². The van der Waals surface area contributed by atoms with Gasteiger partial charge in [-0.05, 0) is 17.7 Å². The van der Waals surface area contributed by atoms with E-state index in [1.54, 1.807) is 13.1 Å². The van der Waals surface area contributed by atoms with Crippen molar-refractivity contribution in [2.75, 3.05) is 5.43 Å². The highest BCUT2D eigenvalue weighted by Crippen LogP contribution is 2.15. The normalized spacial score (nSPS) is 10.5. The Bertz CT molecular complexity index is 627. The number of hydrogen-bond acceptors (Lipinski definition) is 5. The summed E-state index contributed by atoms with van der Waals surface area (Å²) in [6.45, 7) is 1.67. The molecule has 1 heterocycles. The molecule has 1 N–H and O–H groups in total. The van der Waals surface area contributed by atoms with Gasteiger partial charge in [0, 0.05) is 11.4 Å². The highest BCUT2D eigenvalue weighted by Gasteiger charge is 2.08. The molecule has 0 aliphatic heterocycles. The molecule has 0 aliphatic carbocycles. The van der Waals surface area contributed by atoms with E-state index in [9.17, 15) is 0 Å². The summed E-state index contributed by atoms with van der Waals surface area (Å²) >= 11 is 3.37. The third kappa shape index (κ3) is 2.96. The minimum absolute atomic E-state index is 0.193. The lowest BCUT2D eigenvalue weighted by atomic mass is 10.2. The van der Waals surface area contributed by atoms with Crippen LogP contribution in [0.5, 0.6) is 0 Å². The Balaban J connectivity index is 2.10. The number of oxazole rings is 1. The molecule has 1 aromatic heterocycles. The molecule has 18 heavy (non-hydrogen) atoms.